The molecule has 0 bridgehead atoms. The maximum Gasteiger partial charge on any atom is 0.258 e. The van der Waals surface area contributed by atoms with Crippen LogP contribution in [-0.2, 0) is 7.05 Å². The minimum absolute atomic E-state index is 0.0761. The van der Waals surface area contributed by atoms with Crippen molar-refractivity contribution in [2.75, 3.05) is 5.32 Å². The highest BCUT2D eigenvalue weighted by molar-refractivity contribution is 6.04. The number of rotatable bonds is 2. The van der Waals surface area contributed by atoms with Crippen molar-refractivity contribution in [3.05, 3.63) is 47.5 Å². The van der Waals surface area contributed by atoms with E-state index in [2.05, 4.69) is 10.4 Å². The lowest BCUT2D eigenvalue weighted by Gasteiger charge is -2.05. The summed E-state index contributed by atoms with van der Waals surface area (Å²) in [4.78, 5) is 11.8. The first-order valence-electron chi connectivity index (χ1n) is 5.10. The second-order valence-corrected chi connectivity index (χ2v) is 3.66. The van der Waals surface area contributed by atoms with Gasteiger partial charge in [-0.2, -0.15) is 10.4 Å². The van der Waals surface area contributed by atoms with Crippen molar-refractivity contribution in [2.45, 2.75) is 0 Å². The molecule has 0 atom stereocenters. The molecular weight excluding hydrogens is 235 g/mol. The Morgan fingerprint density at radius 1 is 1.56 bits per heavy atom. The van der Waals surface area contributed by atoms with Crippen LogP contribution in [0.4, 0.5) is 10.1 Å². The van der Waals surface area contributed by atoms with Gasteiger partial charge in [0.1, 0.15) is 11.9 Å². The molecule has 0 spiro atoms. The Labute approximate surface area is 102 Å². The second kappa shape index (κ2) is 4.67. The smallest absolute Gasteiger partial charge is 0.258 e. The Morgan fingerprint density at radius 2 is 2.33 bits per heavy atom. The predicted molar refractivity (Wildman–Crippen MR) is 62.3 cm³/mol. The van der Waals surface area contributed by atoms with Crippen molar-refractivity contribution in [1.82, 2.24) is 9.78 Å². The van der Waals surface area contributed by atoms with E-state index in [1.165, 1.54) is 23.0 Å². The first-order valence-corrected chi connectivity index (χ1v) is 5.10. The van der Waals surface area contributed by atoms with Gasteiger partial charge in [-0.3, -0.25) is 9.48 Å². The number of halogens is 1. The Hall–Kier alpha value is -2.68. The molecule has 18 heavy (non-hydrogen) atoms. The molecule has 1 heterocycles. The quantitative estimate of drug-likeness (QED) is 0.873. The molecule has 0 aliphatic rings. The minimum atomic E-state index is -0.522. The number of nitrogens with zero attached hydrogens (tertiary/aromatic N) is 3. The van der Waals surface area contributed by atoms with Crippen LogP contribution >= 0.6 is 0 Å². The van der Waals surface area contributed by atoms with Gasteiger partial charge in [-0.05, 0) is 18.2 Å². The molecule has 0 fully saturated rings. The third kappa shape index (κ3) is 2.35. The van der Waals surface area contributed by atoms with Gasteiger partial charge >= 0.3 is 0 Å². The molecule has 2 rings (SSSR count). The third-order valence-corrected chi connectivity index (χ3v) is 2.32. The summed E-state index contributed by atoms with van der Waals surface area (Å²) in [5.74, 6) is -0.919. The normalized spacial score (nSPS) is 9.83. The van der Waals surface area contributed by atoms with Crippen LogP contribution in [0.5, 0.6) is 0 Å². The summed E-state index contributed by atoms with van der Waals surface area (Å²) in [6.45, 7) is 0. The van der Waals surface area contributed by atoms with E-state index in [0.29, 0.717) is 5.56 Å². The summed E-state index contributed by atoms with van der Waals surface area (Å²) < 4.78 is 14.4. The first-order chi connectivity index (χ1) is 8.60. The van der Waals surface area contributed by atoms with Crippen LogP contribution in [0.1, 0.15) is 15.9 Å². The molecule has 1 aromatic heterocycles. The van der Waals surface area contributed by atoms with Crippen LogP contribution in [0.2, 0.25) is 0 Å². The lowest BCUT2D eigenvalue weighted by atomic mass is 10.2. The molecule has 5 nitrogen and oxygen atoms in total. The minimum Gasteiger partial charge on any atom is -0.321 e. The molecule has 90 valence electrons. The van der Waals surface area contributed by atoms with E-state index in [1.807, 2.05) is 6.07 Å². The van der Waals surface area contributed by atoms with Crippen molar-refractivity contribution in [3.8, 4) is 6.07 Å². The van der Waals surface area contributed by atoms with E-state index in [-0.39, 0.29) is 11.3 Å². The number of aryl methyl sites for hydroxylation is 1. The number of anilines is 1. The van der Waals surface area contributed by atoms with Crippen molar-refractivity contribution < 1.29 is 9.18 Å². The van der Waals surface area contributed by atoms with E-state index in [1.54, 1.807) is 13.2 Å². The van der Waals surface area contributed by atoms with E-state index in [0.717, 1.165) is 6.07 Å². The van der Waals surface area contributed by atoms with E-state index in [4.69, 9.17) is 5.26 Å². The topological polar surface area (TPSA) is 70.7 Å². The zero-order valence-corrected chi connectivity index (χ0v) is 9.51. The summed E-state index contributed by atoms with van der Waals surface area (Å²) >= 11 is 0. The SMILES string of the molecule is Cn1cc(C(=O)Nc2ccc(F)cc2C#N)cn1. The fourth-order valence-corrected chi connectivity index (χ4v) is 1.45. The van der Waals surface area contributed by atoms with Gasteiger partial charge in [0, 0.05) is 13.2 Å². The van der Waals surface area contributed by atoms with Crippen molar-refractivity contribution in [1.29, 1.82) is 5.26 Å². The Bertz CT molecular complexity index is 642. The number of amides is 1. The van der Waals surface area contributed by atoms with Crippen molar-refractivity contribution >= 4 is 11.6 Å². The number of benzene rings is 1. The van der Waals surface area contributed by atoms with Crippen LogP contribution < -0.4 is 5.32 Å². The number of nitriles is 1. The molecule has 6 heteroatoms. The van der Waals surface area contributed by atoms with Crippen molar-refractivity contribution in [2.24, 2.45) is 7.05 Å². The zero-order valence-electron chi connectivity index (χ0n) is 9.51. The van der Waals surface area contributed by atoms with E-state index < -0.39 is 11.7 Å². The molecule has 0 saturated carbocycles. The standard InChI is InChI=1S/C12H9FN4O/c1-17-7-9(6-15-17)12(18)16-11-3-2-10(13)4-8(11)5-14/h2-4,6-7H,1H3,(H,16,18). The molecule has 0 unspecified atom stereocenters. The van der Waals surface area contributed by atoms with Crippen LogP contribution in [-0.4, -0.2) is 15.7 Å². The summed E-state index contributed by atoms with van der Waals surface area (Å²) in [7, 11) is 1.69. The average molecular weight is 244 g/mol. The van der Waals surface area contributed by atoms with Gasteiger partial charge in [-0.15, -0.1) is 0 Å². The fourth-order valence-electron chi connectivity index (χ4n) is 1.45. The van der Waals surface area contributed by atoms with Crippen LogP contribution in [0, 0.1) is 17.1 Å². The van der Waals surface area contributed by atoms with Crippen molar-refractivity contribution in [3.63, 3.8) is 0 Å². The molecule has 0 saturated heterocycles. The highest BCUT2D eigenvalue weighted by Crippen LogP contribution is 2.16. The number of carbonyl (C=O) groups excluding carboxylic acids is 1. The molecular formula is C12H9FN4O. The van der Waals surface area contributed by atoms with Crippen LogP contribution in [0.15, 0.2) is 30.6 Å². The number of nitrogens with one attached hydrogen (secondary N) is 1. The maximum absolute atomic E-state index is 12.9. The zero-order chi connectivity index (χ0) is 13.1. The Kier molecular flexibility index (Phi) is 3.06. The predicted octanol–water partition coefficient (Wildman–Crippen LogP) is 1.68. The first kappa shape index (κ1) is 11.8. The number of aromatic nitrogens is 2. The van der Waals surface area contributed by atoms with Gasteiger partial charge in [0.15, 0.2) is 0 Å². The van der Waals surface area contributed by atoms with Gasteiger partial charge in [0.25, 0.3) is 5.91 Å². The number of hydrogen-bond acceptors (Lipinski definition) is 3. The van der Waals surface area contributed by atoms with Gasteiger partial charge in [0.05, 0.1) is 23.0 Å². The second-order valence-electron chi connectivity index (χ2n) is 3.66. The summed E-state index contributed by atoms with van der Waals surface area (Å²) in [5.41, 5.74) is 0.714. The van der Waals surface area contributed by atoms with Gasteiger partial charge in [0.2, 0.25) is 0 Å². The Balaban J connectivity index is 2.25. The molecule has 0 aliphatic heterocycles. The summed E-state index contributed by atoms with van der Waals surface area (Å²) in [6, 6.07) is 5.42. The number of hydrogen-bond donors (Lipinski definition) is 1. The lowest BCUT2D eigenvalue weighted by molar-refractivity contribution is 0.102. The Morgan fingerprint density at radius 3 is 2.94 bits per heavy atom. The summed E-state index contributed by atoms with van der Waals surface area (Å²) in [6.07, 6.45) is 2.95. The van der Waals surface area contributed by atoms with Gasteiger partial charge < -0.3 is 5.32 Å². The van der Waals surface area contributed by atoms with Crippen LogP contribution in [0.25, 0.3) is 0 Å². The van der Waals surface area contributed by atoms with E-state index >= 15 is 0 Å². The largest absolute Gasteiger partial charge is 0.321 e. The molecule has 1 aromatic carbocycles. The van der Waals surface area contributed by atoms with Gasteiger partial charge in [-0.25, -0.2) is 4.39 Å². The molecule has 1 amide bonds. The molecule has 0 radical (unpaired) electrons. The maximum atomic E-state index is 12.9. The lowest BCUT2D eigenvalue weighted by Crippen LogP contribution is -2.12. The van der Waals surface area contributed by atoms with E-state index in [9.17, 15) is 9.18 Å². The average Bonchev–Trinajstić information content (AvgIpc) is 2.78. The highest BCUT2D eigenvalue weighted by Gasteiger charge is 2.11. The van der Waals surface area contributed by atoms with Crippen LogP contribution in [0.3, 0.4) is 0 Å². The monoisotopic (exact) mass is 244 g/mol. The number of carbonyl (C=O) groups is 1. The molecule has 0 aliphatic carbocycles. The molecule has 1 N–H and O–H groups in total. The van der Waals surface area contributed by atoms with Gasteiger partial charge in [-0.1, -0.05) is 0 Å². The summed E-state index contributed by atoms with van der Waals surface area (Å²) in [5, 5.41) is 15.2. The highest BCUT2D eigenvalue weighted by atomic mass is 19.1. The molecule has 2 aromatic rings. The third-order valence-electron chi connectivity index (χ3n) is 2.32. The fraction of sp³-hybridized carbons (Fsp3) is 0.0833.